The van der Waals surface area contributed by atoms with Crippen LogP contribution in [0.5, 0.6) is 0 Å². The van der Waals surface area contributed by atoms with Crippen molar-refractivity contribution in [2.75, 3.05) is 6.61 Å². The maximum Gasteiger partial charge on any atom is 0.251 e. The minimum atomic E-state index is -0.0425. The second-order valence-electron chi connectivity index (χ2n) is 7.26. The van der Waals surface area contributed by atoms with E-state index in [0.29, 0.717) is 11.5 Å². The van der Waals surface area contributed by atoms with Crippen LogP contribution in [0.25, 0.3) is 5.69 Å². The van der Waals surface area contributed by atoms with Gasteiger partial charge in [-0.1, -0.05) is 19.9 Å². The average Bonchev–Trinajstić information content (AvgIpc) is 3.14. The molecule has 4 rings (SSSR count). The summed E-state index contributed by atoms with van der Waals surface area (Å²) in [6.07, 6.45) is 5.56. The van der Waals surface area contributed by atoms with Gasteiger partial charge >= 0.3 is 0 Å². The highest BCUT2D eigenvalue weighted by molar-refractivity contribution is 5.95. The Labute approximate surface area is 141 Å². The summed E-state index contributed by atoms with van der Waals surface area (Å²) in [7, 11) is 0. The molecule has 126 valence electrons. The lowest BCUT2D eigenvalue weighted by Crippen LogP contribution is -2.70. The largest absolute Gasteiger partial charge is 0.377 e. The molecule has 0 bridgehead atoms. The Balaban J connectivity index is 1.51. The SMILES string of the molecule is CC1(C)[C@H](NC(=O)c2cccc(-n3cncn3)c2)[C@H]2CCCO[C@@H]21. The van der Waals surface area contributed by atoms with Crippen molar-refractivity contribution in [2.24, 2.45) is 11.3 Å². The fourth-order valence-corrected chi connectivity index (χ4v) is 4.17. The van der Waals surface area contributed by atoms with Gasteiger partial charge in [0.2, 0.25) is 0 Å². The number of nitrogens with one attached hydrogen (secondary N) is 1. The number of hydrogen-bond donors (Lipinski definition) is 1. The Kier molecular flexibility index (Phi) is 3.64. The van der Waals surface area contributed by atoms with Crippen molar-refractivity contribution in [3.8, 4) is 5.69 Å². The lowest BCUT2D eigenvalue weighted by Gasteiger charge is -2.59. The van der Waals surface area contributed by atoms with E-state index >= 15 is 0 Å². The zero-order chi connectivity index (χ0) is 16.7. The Morgan fingerprint density at radius 1 is 1.42 bits per heavy atom. The number of hydrogen-bond acceptors (Lipinski definition) is 4. The molecule has 0 spiro atoms. The fraction of sp³-hybridized carbons (Fsp3) is 0.500. The molecule has 0 radical (unpaired) electrons. The molecule has 1 saturated carbocycles. The third-order valence-electron chi connectivity index (χ3n) is 5.41. The van der Waals surface area contributed by atoms with Crippen LogP contribution in [0.4, 0.5) is 0 Å². The van der Waals surface area contributed by atoms with Crippen LogP contribution in [0, 0.1) is 11.3 Å². The minimum absolute atomic E-state index is 0.0236. The maximum atomic E-state index is 12.7. The molecule has 1 N–H and O–H groups in total. The monoisotopic (exact) mass is 326 g/mol. The molecule has 1 aromatic carbocycles. The highest BCUT2D eigenvalue weighted by Gasteiger charge is 2.58. The normalized spacial score (nSPS) is 27.8. The second kappa shape index (κ2) is 5.70. The van der Waals surface area contributed by atoms with Crippen molar-refractivity contribution >= 4 is 5.91 Å². The molecular formula is C18H22N4O2. The average molecular weight is 326 g/mol. The van der Waals surface area contributed by atoms with Crippen molar-refractivity contribution in [1.82, 2.24) is 20.1 Å². The van der Waals surface area contributed by atoms with E-state index in [0.717, 1.165) is 25.1 Å². The Bertz CT molecular complexity index is 741. The quantitative estimate of drug-likeness (QED) is 0.939. The number of carbonyl (C=O) groups excluding carboxylic acids is 1. The molecule has 2 aromatic rings. The molecule has 3 atom stereocenters. The summed E-state index contributed by atoms with van der Waals surface area (Å²) in [4.78, 5) is 16.7. The third kappa shape index (κ3) is 2.41. The number of nitrogens with zero attached hydrogens (tertiary/aromatic N) is 3. The number of aromatic nitrogens is 3. The van der Waals surface area contributed by atoms with E-state index in [1.807, 2.05) is 24.3 Å². The summed E-state index contributed by atoms with van der Waals surface area (Å²) in [6, 6.07) is 7.60. The molecule has 6 heteroatoms. The molecule has 6 nitrogen and oxygen atoms in total. The predicted octanol–water partition coefficient (Wildman–Crippen LogP) is 2.20. The molecule has 2 heterocycles. The molecular weight excluding hydrogens is 304 g/mol. The lowest BCUT2D eigenvalue weighted by molar-refractivity contribution is -0.189. The Morgan fingerprint density at radius 2 is 2.29 bits per heavy atom. The number of rotatable bonds is 3. The molecule has 2 fully saturated rings. The molecule has 1 aliphatic carbocycles. The van der Waals surface area contributed by atoms with Gasteiger partial charge < -0.3 is 10.1 Å². The van der Waals surface area contributed by atoms with Crippen molar-refractivity contribution in [1.29, 1.82) is 0 Å². The van der Waals surface area contributed by atoms with Gasteiger partial charge in [0, 0.05) is 29.5 Å². The number of benzene rings is 1. The number of ether oxygens (including phenoxy) is 1. The summed E-state index contributed by atoms with van der Waals surface area (Å²) in [6.45, 7) is 5.19. The smallest absolute Gasteiger partial charge is 0.251 e. The van der Waals surface area contributed by atoms with E-state index in [4.69, 9.17) is 4.74 Å². The first-order chi connectivity index (χ1) is 11.6. The van der Waals surface area contributed by atoms with Gasteiger partial charge in [-0.05, 0) is 31.0 Å². The van der Waals surface area contributed by atoms with Gasteiger partial charge in [-0.25, -0.2) is 9.67 Å². The topological polar surface area (TPSA) is 69.0 Å². The van der Waals surface area contributed by atoms with Crippen LogP contribution >= 0.6 is 0 Å². The molecule has 1 saturated heterocycles. The molecule has 1 aromatic heterocycles. The second-order valence-corrected chi connectivity index (χ2v) is 7.26. The highest BCUT2D eigenvalue weighted by Crippen LogP contribution is 2.51. The minimum Gasteiger partial charge on any atom is -0.377 e. The highest BCUT2D eigenvalue weighted by atomic mass is 16.5. The number of carbonyl (C=O) groups is 1. The van der Waals surface area contributed by atoms with Gasteiger partial charge in [0.25, 0.3) is 5.91 Å². The van der Waals surface area contributed by atoms with Crippen LogP contribution in [0.1, 0.15) is 37.0 Å². The van der Waals surface area contributed by atoms with Crippen molar-refractivity contribution in [3.05, 3.63) is 42.5 Å². The van der Waals surface area contributed by atoms with Crippen LogP contribution in [0.3, 0.4) is 0 Å². The lowest BCUT2D eigenvalue weighted by atomic mass is 9.55. The maximum absolute atomic E-state index is 12.7. The van der Waals surface area contributed by atoms with Crippen molar-refractivity contribution in [2.45, 2.75) is 38.8 Å². The van der Waals surface area contributed by atoms with E-state index < -0.39 is 0 Å². The Morgan fingerprint density at radius 3 is 3.08 bits per heavy atom. The number of amides is 1. The first-order valence-electron chi connectivity index (χ1n) is 8.45. The van der Waals surface area contributed by atoms with Gasteiger partial charge in [-0.2, -0.15) is 5.10 Å². The summed E-state index contributed by atoms with van der Waals surface area (Å²) in [5.41, 5.74) is 1.44. The van der Waals surface area contributed by atoms with Crippen LogP contribution in [0.15, 0.2) is 36.9 Å². The standard InChI is InChI=1S/C18H22N4O2/c1-18(2)15(14-7-4-8-24-16(14)18)21-17(23)12-5-3-6-13(9-12)22-11-19-10-20-22/h3,5-6,9-11,14-16H,4,7-8H2,1-2H3,(H,21,23)/t14-,15-,16+/m1/s1. The predicted molar refractivity (Wildman–Crippen MR) is 88.9 cm³/mol. The molecule has 1 aliphatic heterocycles. The summed E-state index contributed by atoms with van der Waals surface area (Å²) in [5.74, 6) is 0.385. The molecule has 1 amide bonds. The van der Waals surface area contributed by atoms with Gasteiger partial charge in [-0.3, -0.25) is 4.79 Å². The van der Waals surface area contributed by atoms with Gasteiger partial charge in [-0.15, -0.1) is 0 Å². The molecule has 2 aliphatic rings. The van der Waals surface area contributed by atoms with Crippen LogP contribution in [0.2, 0.25) is 0 Å². The van der Waals surface area contributed by atoms with E-state index in [1.54, 1.807) is 11.0 Å². The first kappa shape index (κ1) is 15.3. The van der Waals surface area contributed by atoms with E-state index in [9.17, 15) is 4.79 Å². The summed E-state index contributed by atoms with van der Waals surface area (Å²) in [5, 5.41) is 7.34. The van der Waals surface area contributed by atoms with Crippen molar-refractivity contribution < 1.29 is 9.53 Å². The Hall–Kier alpha value is -2.21. The zero-order valence-corrected chi connectivity index (χ0v) is 14.0. The third-order valence-corrected chi connectivity index (χ3v) is 5.41. The summed E-state index contributed by atoms with van der Waals surface area (Å²) < 4.78 is 7.56. The van der Waals surface area contributed by atoms with E-state index in [1.165, 1.54) is 6.33 Å². The number of fused-ring (bicyclic) bond motifs is 1. The first-order valence-corrected chi connectivity index (χ1v) is 8.45. The van der Waals surface area contributed by atoms with Crippen LogP contribution in [-0.2, 0) is 4.74 Å². The van der Waals surface area contributed by atoms with Gasteiger partial charge in [0.1, 0.15) is 12.7 Å². The van der Waals surface area contributed by atoms with Gasteiger partial charge in [0.05, 0.1) is 11.8 Å². The van der Waals surface area contributed by atoms with E-state index in [2.05, 4.69) is 29.2 Å². The molecule has 0 unspecified atom stereocenters. The zero-order valence-electron chi connectivity index (χ0n) is 14.0. The van der Waals surface area contributed by atoms with Crippen LogP contribution in [-0.4, -0.2) is 39.4 Å². The molecule has 24 heavy (non-hydrogen) atoms. The van der Waals surface area contributed by atoms with Crippen molar-refractivity contribution in [3.63, 3.8) is 0 Å². The van der Waals surface area contributed by atoms with Gasteiger partial charge in [0.15, 0.2) is 0 Å². The van der Waals surface area contributed by atoms with Crippen LogP contribution < -0.4 is 5.32 Å². The van der Waals surface area contributed by atoms with E-state index in [-0.39, 0.29) is 23.5 Å². The fourth-order valence-electron chi connectivity index (χ4n) is 4.17. The summed E-state index contributed by atoms with van der Waals surface area (Å²) >= 11 is 0.